The van der Waals surface area contributed by atoms with Crippen molar-refractivity contribution < 1.29 is 14.7 Å². The molecule has 1 rings (SSSR count). The molecule has 0 aliphatic heterocycles. The van der Waals surface area contributed by atoms with Gasteiger partial charge in [-0.25, -0.2) is 4.79 Å². The molecule has 0 bridgehead atoms. The fraction of sp³-hybridized carbons (Fsp3) is 0.692. The molecular formula is C13H22N2O3. The predicted molar refractivity (Wildman–Crippen MR) is 69.4 cm³/mol. The highest BCUT2D eigenvalue weighted by molar-refractivity contribution is 5.80. The summed E-state index contributed by atoms with van der Waals surface area (Å²) in [6, 6.07) is 0.0763. The molecule has 0 aromatic rings. The van der Waals surface area contributed by atoms with Gasteiger partial charge in [0.25, 0.3) is 0 Å². The smallest absolute Gasteiger partial charge is 0.323 e. The molecule has 0 aromatic heterocycles. The lowest BCUT2D eigenvalue weighted by atomic mass is 10.2. The standard InChI is InChI=1S/C13H22N2O3/c1-4-7-15(11-5-6-11)13(18)14(8-10(2)3)9-12(16)17/h4,10-11H,1,5-9H2,2-3H3,(H,16,17). The van der Waals surface area contributed by atoms with Crippen LogP contribution in [0.3, 0.4) is 0 Å². The number of carboxylic acid groups (broad SMARTS) is 1. The van der Waals surface area contributed by atoms with E-state index in [0.29, 0.717) is 13.1 Å². The van der Waals surface area contributed by atoms with E-state index in [1.165, 1.54) is 4.90 Å². The topological polar surface area (TPSA) is 60.9 Å². The van der Waals surface area contributed by atoms with Crippen LogP contribution in [0.25, 0.3) is 0 Å². The lowest BCUT2D eigenvalue weighted by Crippen LogP contribution is -2.47. The Kier molecular flexibility index (Phi) is 5.19. The minimum Gasteiger partial charge on any atom is -0.480 e. The number of nitrogens with zero attached hydrogens (tertiary/aromatic N) is 2. The van der Waals surface area contributed by atoms with Gasteiger partial charge in [0, 0.05) is 19.1 Å². The Labute approximate surface area is 108 Å². The zero-order valence-corrected chi connectivity index (χ0v) is 11.1. The van der Waals surface area contributed by atoms with E-state index in [1.807, 2.05) is 13.8 Å². The molecule has 1 aliphatic rings. The molecule has 0 heterocycles. The SMILES string of the molecule is C=CCN(C(=O)N(CC(=O)O)CC(C)C)C1CC1. The molecule has 1 fully saturated rings. The number of hydrogen-bond donors (Lipinski definition) is 1. The zero-order chi connectivity index (χ0) is 13.7. The first-order valence-corrected chi connectivity index (χ1v) is 6.34. The van der Waals surface area contributed by atoms with Gasteiger partial charge in [0.1, 0.15) is 6.54 Å². The Hall–Kier alpha value is -1.52. The first-order valence-electron chi connectivity index (χ1n) is 6.34. The number of carbonyl (C=O) groups excluding carboxylic acids is 1. The number of urea groups is 1. The van der Waals surface area contributed by atoms with Crippen LogP contribution in [0.15, 0.2) is 12.7 Å². The van der Waals surface area contributed by atoms with Crippen LogP contribution in [0.4, 0.5) is 4.79 Å². The van der Waals surface area contributed by atoms with Crippen molar-refractivity contribution in [2.75, 3.05) is 19.6 Å². The van der Waals surface area contributed by atoms with Crippen molar-refractivity contribution in [3.8, 4) is 0 Å². The molecule has 1 aliphatic carbocycles. The molecule has 0 aromatic carbocycles. The highest BCUT2D eigenvalue weighted by atomic mass is 16.4. The summed E-state index contributed by atoms with van der Waals surface area (Å²) in [4.78, 5) is 26.3. The first-order chi connectivity index (χ1) is 8.45. The molecule has 0 spiro atoms. The van der Waals surface area contributed by atoms with E-state index >= 15 is 0 Å². The number of rotatable bonds is 7. The lowest BCUT2D eigenvalue weighted by Gasteiger charge is -2.30. The highest BCUT2D eigenvalue weighted by Gasteiger charge is 2.34. The molecule has 1 saturated carbocycles. The van der Waals surface area contributed by atoms with Crippen LogP contribution in [0.2, 0.25) is 0 Å². The fourth-order valence-electron chi connectivity index (χ4n) is 1.90. The van der Waals surface area contributed by atoms with E-state index in [4.69, 9.17) is 5.11 Å². The average Bonchev–Trinajstić information content (AvgIpc) is 3.06. The van der Waals surface area contributed by atoms with Crippen molar-refractivity contribution in [3.63, 3.8) is 0 Å². The molecule has 2 amide bonds. The number of aliphatic carboxylic acids is 1. The van der Waals surface area contributed by atoms with Gasteiger partial charge >= 0.3 is 12.0 Å². The third-order valence-corrected chi connectivity index (χ3v) is 2.74. The van der Waals surface area contributed by atoms with Crippen LogP contribution in [0, 0.1) is 5.92 Å². The van der Waals surface area contributed by atoms with E-state index in [-0.39, 0.29) is 24.5 Å². The van der Waals surface area contributed by atoms with Gasteiger partial charge in [-0.1, -0.05) is 19.9 Å². The second-order valence-corrected chi connectivity index (χ2v) is 5.12. The summed E-state index contributed by atoms with van der Waals surface area (Å²) in [5.74, 6) is -0.726. The van der Waals surface area contributed by atoms with E-state index in [2.05, 4.69) is 6.58 Å². The van der Waals surface area contributed by atoms with E-state index < -0.39 is 5.97 Å². The van der Waals surface area contributed by atoms with E-state index in [1.54, 1.807) is 11.0 Å². The van der Waals surface area contributed by atoms with Gasteiger partial charge in [-0.2, -0.15) is 0 Å². The molecule has 0 atom stereocenters. The van der Waals surface area contributed by atoms with Crippen molar-refractivity contribution in [1.29, 1.82) is 0 Å². The number of hydrogen-bond acceptors (Lipinski definition) is 2. The Balaban J connectivity index is 2.71. The van der Waals surface area contributed by atoms with Crippen LogP contribution >= 0.6 is 0 Å². The number of amides is 2. The summed E-state index contributed by atoms with van der Waals surface area (Å²) >= 11 is 0. The summed E-state index contributed by atoms with van der Waals surface area (Å²) in [6.07, 6.45) is 3.69. The van der Waals surface area contributed by atoms with Crippen LogP contribution in [0.1, 0.15) is 26.7 Å². The van der Waals surface area contributed by atoms with Gasteiger partial charge in [-0.15, -0.1) is 6.58 Å². The summed E-state index contributed by atoms with van der Waals surface area (Å²) < 4.78 is 0. The number of carboxylic acids is 1. The van der Waals surface area contributed by atoms with Crippen LogP contribution in [-0.4, -0.2) is 52.6 Å². The highest BCUT2D eigenvalue weighted by Crippen LogP contribution is 2.27. The van der Waals surface area contributed by atoms with E-state index in [9.17, 15) is 9.59 Å². The maximum Gasteiger partial charge on any atom is 0.323 e. The first kappa shape index (κ1) is 14.5. The molecule has 0 saturated heterocycles. The van der Waals surface area contributed by atoms with Gasteiger partial charge in [0.15, 0.2) is 0 Å². The van der Waals surface area contributed by atoms with Gasteiger partial charge < -0.3 is 14.9 Å². The van der Waals surface area contributed by atoms with Crippen molar-refractivity contribution in [2.45, 2.75) is 32.7 Å². The van der Waals surface area contributed by atoms with Crippen molar-refractivity contribution >= 4 is 12.0 Å². The molecule has 18 heavy (non-hydrogen) atoms. The predicted octanol–water partition coefficient (Wildman–Crippen LogP) is 1.80. The van der Waals surface area contributed by atoms with Crippen LogP contribution in [0.5, 0.6) is 0 Å². The van der Waals surface area contributed by atoms with Gasteiger partial charge in [-0.3, -0.25) is 4.79 Å². The number of carbonyl (C=O) groups is 2. The van der Waals surface area contributed by atoms with Crippen LogP contribution < -0.4 is 0 Å². The third kappa shape index (κ3) is 4.39. The Morgan fingerprint density at radius 2 is 2.06 bits per heavy atom. The molecule has 1 N–H and O–H groups in total. The summed E-state index contributed by atoms with van der Waals surface area (Å²) in [7, 11) is 0. The molecule has 0 unspecified atom stereocenters. The Bertz CT molecular complexity index is 324. The third-order valence-electron chi connectivity index (χ3n) is 2.74. The molecule has 0 radical (unpaired) electrons. The molecule has 5 nitrogen and oxygen atoms in total. The molecule has 5 heteroatoms. The van der Waals surface area contributed by atoms with Gasteiger partial charge in [0.2, 0.25) is 0 Å². The summed E-state index contributed by atoms with van der Waals surface area (Å²) in [5.41, 5.74) is 0. The van der Waals surface area contributed by atoms with Crippen molar-refractivity contribution in [2.24, 2.45) is 5.92 Å². The normalized spacial score (nSPS) is 14.4. The quantitative estimate of drug-likeness (QED) is 0.705. The maximum atomic E-state index is 12.3. The second-order valence-electron chi connectivity index (χ2n) is 5.12. The second kappa shape index (κ2) is 6.42. The minimum absolute atomic E-state index is 0.187. The van der Waals surface area contributed by atoms with Crippen molar-refractivity contribution in [1.82, 2.24) is 9.80 Å². The largest absolute Gasteiger partial charge is 0.480 e. The lowest BCUT2D eigenvalue weighted by molar-refractivity contribution is -0.137. The Morgan fingerprint density at radius 3 is 2.44 bits per heavy atom. The molecule has 102 valence electrons. The average molecular weight is 254 g/mol. The minimum atomic E-state index is -0.974. The fourth-order valence-corrected chi connectivity index (χ4v) is 1.90. The summed E-state index contributed by atoms with van der Waals surface area (Å²) in [6.45, 7) is 8.29. The monoisotopic (exact) mass is 254 g/mol. The van der Waals surface area contributed by atoms with E-state index in [0.717, 1.165) is 12.8 Å². The zero-order valence-electron chi connectivity index (χ0n) is 11.1. The van der Waals surface area contributed by atoms with Crippen molar-refractivity contribution in [3.05, 3.63) is 12.7 Å². The van der Waals surface area contributed by atoms with Gasteiger partial charge in [-0.05, 0) is 18.8 Å². The van der Waals surface area contributed by atoms with Crippen LogP contribution in [-0.2, 0) is 4.79 Å². The Morgan fingerprint density at radius 1 is 1.44 bits per heavy atom. The maximum absolute atomic E-state index is 12.3. The molecular weight excluding hydrogens is 232 g/mol. The van der Waals surface area contributed by atoms with Gasteiger partial charge in [0.05, 0.1) is 0 Å². The summed E-state index contributed by atoms with van der Waals surface area (Å²) in [5, 5.41) is 8.88.